The van der Waals surface area contributed by atoms with Gasteiger partial charge in [0.25, 0.3) is 5.91 Å². The van der Waals surface area contributed by atoms with E-state index in [2.05, 4.69) is 5.32 Å². The number of hydrogen-bond donors (Lipinski definition) is 1. The average molecular weight is 473 g/mol. The zero-order valence-corrected chi connectivity index (χ0v) is 19.5. The molecule has 2 unspecified atom stereocenters. The van der Waals surface area contributed by atoms with Crippen LogP contribution >= 0.6 is 11.6 Å². The van der Waals surface area contributed by atoms with E-state index in [1.54, 1.807) is 37.3 Å². The third-order valence-corrected chi connectivity index (χ3v) is 6.61. The van der Waals surface area contributed by atoms with Crippen molar-refractivity contribution in [3.8, 4) is 5.75 Å². The van der Waals surface area contributed by atoms with Gasteiger partial charge in [-0.15, -0.1) is 0 Å². The Hall–Kier alpha value is -2.90. The van der Waals surface area contributed by atoms with Gasteiger partial charge in [-0.3, -0.25) is 4.79 Å². The number of carbonyl (C=O) groups is 1. The first-order chi connectivity index (χ1) is 15.7. The molecule has 1 fully saturated rings. The highest BCUT2D eigenvalue weighted by molar-refractivity contribution is 6.31. The van der Waals surface area contributed by atoms with Crippen molar-refractivity contribution in [1.29, 1.82) is 0 Å². The van der Waals surface area contributed by atoms with Crippen molar-refractivity contribution >= 4 is 28.5 Å². The lowest BCUT2D eigenvalue weighted by atomic mass is 9.88. The maximum Gasteiger partial charge on any atom is 0.355 e. The van der Waals surface area contributed by atoms with Gasteiger partial charge in [-0.25, -0.2) is 9.18 Å². The smallest absolute Gasteiger partial charge is 0.355 e. The summed E-state index contributed by atoms with van der Waals surface area (Å²) in [7, 11) is 0. The van der Waals surface area contributed by atoms with Gasteiger partial charge in [0.05, 0.1) is 5.54 Å². The van der Waals surface area contributed by atoms with E-state index >= 15 is 0 Å². The number of rotatable bonds is 5. The number of piperazine rings is 1. The van der Waals surface area contributed by atoms with Crippen LogP contribution in [0.4, 0.5) is 4.39 Å². The third kappa shape index (κ3) is 4.89. The number of fused-ring (bicyclic) bond motifs is 1. The molecule has 1 aromatic heterocycles. The lowest BCUT2D eigenvalue weighted by Crippen LogP contribution is -2.65. The number of hydrogen-bond acceptors (Lipinski definition) is 5. The van der Waals surface area contributed by atoms with E-state index in [4.69, 9.17) is 20.8 Å². The minimum absolute atomic E-state index is 0.0552. The Morgan fingerprint density at radius 1 is 1.30 bits per heavy atom. The number of amides is 1. The van der Waals surface area contributed by atoms with E-state index in [9.17, 15) is 14.0 Å². The minimum atomic E-state index is -0.610. The summed E-state index contributed by atoms with van der Waals surface area (Å²) in [5, 5.41) is 4.20. The molecule has 1 amide bonds. The molecule has 0 radical (unpaired) electrons. The topological polar surface area (TPSA) is 71.8 Å². The molecule has 6 nitrogen and oxygen atoms in total. The Morgan fingerprint density at radius 3 is 2.76 bits per heavy atom. The summed E-state index contributed by atoms with van der Waals surface area (Å²) in [6, 6.07) is 11.6. The lowest BCUT2D eigenvalue weighted by molar-refractivity contribution is -0.141. The molecule has 4 rings (SSSR count). The zero-order chi connectivity index (χ0) is 23.8. The predicted molar refractivity (Wildman–Crippen MR) is 125 cm³/mol. The SMILES string of the molecule is Cc1c(Cl)c(=O)oc2cc(OCC(=O)N3CC(C)NCC3(C)Cc3ccc(F)cc3)ccc12. The summed E-state index contributed by atoms with van der Waals surface area (Å²) in [4.78, 5) is 26.9. The Balaban J connectivity index is 1.51. The van der Waals surface area contributed by atoms with Gasteiger partial charge in [-0.2, -0.15) is 0 Å². The molecular weight excluding hydrogens is 447 g/mol. The van der Waals surface area contributed by atoms with Crippen LogP contribution < -0.4 is 15.7 Å². The first kappa shape index (κ1) is 23.3. The maximum atomic E-state index is 13.3. The molecule has 1 saturated heterocycles. The van der Waals surface area contributed by atoms with Crippen LogP contribution in [0.25, 0.3) is 11.0 Å². The van der Waals surface area contributed by atoms with E-state index in [1.807, 2.05) is 18.7 Å². The number of aryl methyl sites for hydroxylation is 1. The highest BCUT2D eigenvalue weighted by Crippen LogP contribution is 2.27. The molecule has 0 saturated carbocycles. The van der Waals surface area contributed by atoms with E-state index in [0.29, 0.717) is 41.8 Å². The summed E-state index contributed by atoms with van der Waals surface area (Å²) in [6.07, 6.45) is 0.583. The van der Waals surface area contributed by atoms with E-state index in [1.165, 1.54) is 12.1 Å². The molecule has 2 heterocycles. The van der Waals surface area contributed by atoms with Crippen LogP contribution in [0.2, 0.25) is 5.02 Å². The van der Waals surface area contributed by atoms with Crippen molar-refractivity contribution in [2.75, 3.05) is 19.7 Å². The molecule has 2 aromatic carbocycles. The second kappa shape index (κ2) is 9.15. The average Bonchev–Trinajstić information content (AvgIpc) is 2.79. The Morgan fingerprint density at radius 2 is 2.03 bits per heavy atom. The molecule has 1 aliphatic heterocycles. The molecule has 33 heavy (non-hydrogen) atoms. The fourth-order valence-corrected chi connectivity index (χ4v) is 4.42. The van der Waals surface area contributed by atoms with Crippen molar-refractivity contribution in [3.63, 3.8) is 0 Å². The number of halogens is 2. The number of nitrogens with zero attached hydrogens (tertiary/aromatic N) is 1. The van der Waals surface area contributed by atoms with Crippen molar-refractivity contribution in [1.82, 2.24) is 10.2 Å². The largest absolute Gasteiger partial charge is 0.484 e. The van der Waals surface area contributed by atoms with Gasteiger partial charge in [-0.05, 0) is 62.6 Å². The van der Waals surface area contributed by atoms with Crippen LogP contribution in [0.5, 0.6) is 5.75 Å². The molecule has 1 aliphatic rings. The fraction of sp³-hybridized carbons (Fsp3) is 0.360. The third-order valence-electron chi connectivity index (χ3n) is 6.17. The monoisotopic (exact) mass is 472 g/mol. The van der Waals surface area contributed by atoms with Crippen molar-refractivity contribution < 1.29 is 18.3 Å². The van der Waals surface area contributed by atoms with Gasteiger partial charge in [0, 0.05) is 30.6 Å². The Bertz CT molecular complexity index is 1240. The molecule has 1 N–H and O–H groups in total. The summed E-state index contributed by atoms with van der Waals surface area (Å²) >= 11 is 5.98. The highest BCUT2D eigenvalue weighted by atomic mass is 35.5. The van der Waals surface area contributed by atoms with Crippen molar-refractivity contribution in [2.24, 2.45) is 0 Å². The first-order valence-electron chi connectivity index (χ1n) is 10.8. The fourth-order valence-electron chi connectivity index (χ4n) is 4.28. The van der Waals surface area contributed by atoms with Crippen LogP contribution in [-0.2, 0) is 11.2 Å². The standard InChI is InChI=1S/C25H26ClFN2O4/c1-15-12-29(25(3,14-28-15)11-17-4-6-18(27)7-5-17)22(30)13-32-19-8-9-20-16(2)23(26)24(31)33-21(20)10-19/h4-10,15,28H,11-14H2,1-3H3. The van der Waals surface area contributed by atoms with E-state index in [0.717, 1.165) is 5.56 Å². The number of carbonyl (C=O) groups excluding carboxylic acids is 1. The molecule has 2 atom stereocenters. The van der Waals surface area contributed by atoms with Crippen LogP contribution in [0.1, 0.15) is 25.0 Å². The van der Waals surface area contributed by atoms with Gasteiger partial charge < -0.3 is 19.4 Å². The zero-order valence-electron chi connectivity index (χ0n) is 18.8. The molecule has 0 spiro atoms. The second-order valence-electron chi connectivity index (χ2n) is 8.86. The highest BCUT2D eigenvalue weighted by Gasteiger charge is 2.39. The quantitative estimate of drug-likeness (QED) is 0.566. The number of ether oxygens (including phenoxy) is 1. The van der Waals surface area contributed by atoms with Gasteiger partial charge in [0.2, 0.25) is 0 Å². The molecule has 174 valence electrons. The van der Waals surface area contributed by atoms with Crippen LogP contribution in [0.15, 0.2) is 51.7 Å². The molecular formula is C25H26ClFN2O4. The van der Waals surface area contributed by atoms with Gasteiger partial charge in [0.15, 0.2) is 6.61 Å². The summed E-state index contributed by atoms with van der Waals surface area (Å²) in [6.45, 7) is 6.78. The minimum Gasteiger partial charge on any atom is -0.484 e. The van der Waals surface area contributed by atoms with Crippen LogP contribution in [0.3, 0.4) is 0 Å². The Kier molecular flexibility index (Phi) is 6.45. The predicted octanol–water partition coefficient (Wildman–Crippen LogP) is 4.09. The van der Waals surface area contributed by atoms with Gasteiger partial charge in [0.1, 0.15) is 22.2 Å². The first-order valence-corrected chi connectivity index (χ1v) is 11.2. The molecule has 0 aliphatic carbocycles. The molecule has 0 bridgehead atoms. The summed E-state index contributed by atoms with van der Waals surface area (Å²) in [5.41, 5.74) is 0.837. The molecule has 8 heteroatoms. The normalized spacial score (nSPS) is 20.8. The Labute approximate surface area is 196 Å². The van der Waals surface area contributed by atoms with E-state index < -0.39 is 11.2 Å². The molecule has 3 aromatic rings. The maximum absolute atomic E-state index is 13.3. The lowest BCUT2D eigenvalue weighted by Gasteiger charge is -2.47. The van der Waals surface area contributed by atoms with Gasteiger partial charge in [-0.1, -0.05) is 23.7 Å². The van der Waals surface area contributed by atoms with Gasteiger partial charge >= 0.3 is 5.63 Å². The van der Waals surface area contributed by atoms with Crippen LogP contribution in [-0.4, -0.2) is 42.1 Å². The number of nitrogens with one attached hydrogen (secondary N) is 1. The van der Waals surface area contributed by atoms with Crippen molar-refractivity contribution in [2.45, 2.75) is 38.8 Å². The second-order valence-corrected chi connectivity index (χ2v) is 9.24. The van der Waals surface area contributed by atoms with Crippen molar-refractivity contribution in [3.05, 3.63) is 74.9 Å². The summed E-state index contributed by atoms with van der Waals surface area (Å²) < 4.78 is 24.4. The van der Waals surface area contributed by atoms with E-state index in [-0.39, 0.29) is 29.4 Å². The number of benzene rings is 2. The summed E-state index contributed by atoms with van der Waals surface area (Å²) in [5.74, 6) is -0.0183. The van der Waals surface area contributed by atoms with Crippen LogP contribution in [0, 0.1) is 12.7 Å².